The predicted molar refractivity (Wildman–Crippen MR) is 73.8 cm³/mol. The number of aromatic nitrogens is 1. The summed E-state index contributed by atoms with van der Waals surface area (Å²) >= 11 is 11.6. The van der Waals surface area contributed by atoms with E-state index in [1.807, 2.05) is 0 Å². The van der Waals surface area contributed by atoms with Gasteiger partial charge in [-0.1, -0.05) is 23.2 Å². The third-order valence-corrected chi connectivity index (χ3v) is 3.31. The van der Waals surface area contributed by atoms with Crippen molar-refractivity contribution in [3.05, 3.63) is 45.7 Å². The number of halogens is 2. The van der Waals surface area contributed by atoms with Crippen LogP contribution in [0.1, 0.15) is 16.1 Å². The summed E-state index contributed by atoms with van der Waals surface area (Å²) in [5.74, 6) is 0.741. The van der Waals surface area contributed by atoms with E-state index >= 15 is 0 Å². The lowest BCUT2D eigenvalue weighted by molar-refractivity contribution is 0.103. The van der Waals surface area contributed by atoms with Crippen molar-refractivity contribution < 1.29 is 14.3 Å². The third kappa shape index (κ3) is 2.69. The minimum absolute atomic E-state index is 0.229. The van der Waals surface area contributed by atoms with Crippen LogP contribution in [-0.2, 0) is 0 Å². The van der Waals surface area contributed by atoms with Gasteiger partial charge in [0.15, 0.2) is 0 Å². The molecule has 1 N–H and O–H groups in total. The summed E-state index contributed by atoms with van der Waals surface area (Å²) in [4.78, 5) is 15.1. The fraction of sp³-hybridized carbons (Fsp3) is 0.154. The molecule has 0 bridgehead atoms. The smallest absolute Gasteiger partial charge is 0.213 e. The molecule has 1 aromatic heterocycles. The number of H-pyrrole nitrogens is 1. The van der Waals surface area contributed by atoms with Gasteiger partial charge >= 0.3 is 0 Å². The van der Waals surface area contributed by atoms with E-state index in [1.54, 1.807) is 18.2 Å². The summed E-state index contributed by atoms with van der Waals surface area (Å²) < 4.78 is 10.3. The fourth-order valence-corrected chi connectivity index (χ4v) is 1.98. The first kappa shape index (κ1) is 13.8. The standard InChI is InChI=1S/C13H11Cl2NO3/c1-18-7-3-4-11(19-2)8(5-7)12(17)10-6-9(14)13(15)16-10/h3-6,16H,1-2H3. The maximum absolute atomic E-state index is 12.4. The van der Waals surface area contributed by atoms with Gasteiger partial charge in [0.2, 0.25) is 5.78 Å². The zero-order valence-corrected chi connectivity index (χ0v) is 11.8. The number of carbonyl (C=O) groups is 1. The van der Waals surface area contributed by atoms with Gasteiger partial charge in [0.25, 0.3) is 0 Å². The molecule has 0 radical (unpaired) electrons. The molecule has 0 aliphatic rings. The minimum atomic E-state index is -0.274. The number of ether oxygens (including phenoxy) is 2. The molecule has 2 aromatic rings. The van der Waals surface area contributed by atoms with Crippen LogP contribution in [0.3, 0.4) is 0 Å². The van der Waals surface area contributed by atoms with Crippen LogP contribution in [0, 0.1) is 0 Å². The first-order chi connectivity index (χ1) is 9.06. The van der Waals surface area contributed by atoms with Gasteiger partial charge in [-0.25, -0.2) is 0 Å². The van der Waals surface area contributed by atoms with E-state index in [9.17, 15) is 4.79 Å². The first-order valence-corrected chi connectivity index (χ1v) is 6.13. The molecule has 0 aliphatic heterocycles. The molecule has 1 aromatic carbocycles. The minimum Gasteiger partial charge on any atom is -0.497 e. The second-order valence-corrected chi connectivity index (χ2v) is 4.53. The zero-order chi connectivity index (χ0) is 14.0. The van der Waals surface area contributed by atoms with Crippen molar-refractivity contribution >= 4 is 29.0 Å². The Morgan fingerprint density at radius 2 is 1.89 bits per heavy atom. The number of hydrogen-bond donors (Lipinski definition) is 1. The Kier molecular flexibility index (Phi) is 4.02. The molecule has 0 amide bonds. The van der Waals surface area contributed by atoms with Crippen molar-refractivity contribution in [1.29, 1.82) is 0 Å². The Labute approximate surface area is 120 Å². The lowest BCUT2D eigenvalue weighted by Gasteiger charge is -2.08. The summed E-state index contributed by atoms with van der Waals surface area (Å²) in [5, 5.41) is 0.527. The summed E-state index contributed by atoms with van der Waals surface area (Å²) in [6.07, 6.45) is 0. The topological polar surface area (TPSA) is 51.3 Å². The molecule has 0 unspecified atom stereocenters. The van der Waals surface area contributed by atoms with Crippen molar-refractivity contribution in [3.63, 3.8) is 0 Å². The monoisotopic (exact) mass is 299 g/mol. The first-order valence-electron chi connectivity index (χ1n) is 5.37. The number of ketones is 1. The lowest BCUT2D eigenvalue weighted by atomic mass is 10.1. The van der Waals surface area contributed by atoms with Crippen LogP contribution in [-0.4, -0.2) is 25.0 Å². The van der Waals surface area contributed by atoms with Crippen LogP contribution in [0.15, 0.2) is 24.3 Å². The third-order valence-electron chi connectivity index (χ3n) is 2.62. The van der Waals surface area contributed by atoms with E-state index < -0.39 is 0 Å². The van der Waals surface area contributed by atoms with Crippen LogP contribution < -0.4 is 9.47 Å². The van der Waals surface area contributed by atoms with Gasteiger partial charge in [0.05, 0.1) is 30.5 Å². The molecule has 0 aliphatic carbocycles. The van der Waals surface area contributed by atoms with Crippen LogP contribution >= 0.6 is 23.2 Å². The van der Waals surface area contributed by atoms with Gasteiger partial charge in [-0.15, -0.1) is 0 Å². The molecule has 100 valence electrons. The van der Waals surface area contributed by atoms with Gasteiger partial charge in [0.1, 0.15) is 16.7 Å². The molecule has 2 rings (SSSR count). The molecule has 0 fully saturated rings. The van der Waals surface area contributed by atoms with E-state index in [1.165, 1.54) is 20.3 Å². The number of hydrogen-bond acceptors (Lipinski definition) is 3. The Bertz CT molecular complexity index is 603. The molecular formula is C13H11Cl2NO3. The largest absolute Gasteiger partial charge is 0.497 e. The quantitative estimate of drug-likeness (QED) is 0.878. The van der Waals surface area contributed by atoms with Crippen molar-refractivity contribution in [2.24, 2.45) is 0 Å². The Hall–Kier alpha value is -1.65. The average Bonchev–Trinajstić information content (AvgIpc) is 2.77. The number of nitrogens with one attached hydrogen (secondary N) is 1. The van der Waals surface area contributed by atoms with Crippen molar-refractivity contribution in [2.75, 3.05) is 14.2 Å². The molecule has 0 saturated carbocycles. The normalized spacial score (nSPS) is 10.3. The molecular weight excluding hydrogens is 289 g/mol. The highest BCUT2D eigenvalue weighted by Gasteiger charge is 2.18. The number of benzene rings is 1. The lowest BCUT2D eigenvalue weighted by Crippen LogP contribution is -2.04. The highest BCUT2D eigenvalue weighted by Crippen LogP contribution is 2.28. The summed E-state index contributed by atoms with van der Waals surface area (Å²) in [7, 11) is 3.02. The molecule has 4 nitrogen and oxygen atoms in total. The Balaban J connectivity index is 2.47. The SMILES string of the molecule is COc1ccc(OC)c(C(=O)c2cc(Cl)c(Cl)[nH]2)c1. The van der Waals surface area contributed by atoms with E-state index in [2.05, 4.69) is 4.98 Å². The fourth-order valence-electron chi connectivity index (χ4n) is 1.66. The molecule has 0 saturated heterocycles. The molecule has 0 atom stereocenters. The van der Waals surface area contributed by atoms with Crippen molar-refractivity contribution in [2.45, 2.75) is 0 Å². The zero-order valence-electron chi connectivity index (χ0n) is 10.3. The van der Waals surface area contributed by atoms with Crippen LogP contribution in [0.25, 0.3) is 0 Å². The number of rotatable bonds is 4. The second kappa shape index (κ2) is 5.55. The second-order valence-electron chi connectivity index (χ2n) is 3.74. The maximum Gasteiger partial charge on any atom is 0.213 e. The van der Waals surface area contributed by atoms with Crippen LogP contribution in [0.2, 0.25) is 10.2 Å². The predicted octanol–water partition coefficient (Wildman–Crippen LogP) is 3.57. The Morgan fingerprint density at radius 3 is 2.42 bits per heavy atom. The average molecular weight is 300 g/mol. The van der Waals surface area contributed by atoms with Crippen LogP contribution in [0.5, 0.6) is 11.5 Å². The van der Waals surface area contributed by atoms with Crippen LogP contribution in [0.4, 0.5) is 0 Å². The molecule has 1 heterocycles. The van der Waals surface area contributed by atoms with Gasteiger partial charge < -0.3 is 14.5 Å². The van der Waals surface area contributed by atoms with Gasteiger partial charge in [-0.05, 0) is 24.3 Å². The van der Waals surface area contributed by atoms with E-state index in [-0.39, 0.29) is 10.9 Å². The van der Waals surface area contributed by atoms with Gasteiger partial charge in [-0.2, -0.15) is 0 Å². The Morgan fingerprint density at radius 1 is 1.16 bits per heavy atom. The van der Waals surface area contributed by atoms with Gasteiger partial charge in [0, 0.05) is 0 Å². The molecule has 6 heteroatoms. The molecule has 19 heavy (non-hydrogen) atoms. The highest BCUT2D eigenvalue weighted by atomic mass is 35.5. The number of carbonyl (C=O) groups excluding carboxylic acids is 1. The maximum atomic E-state index is 12.4. The highest BCUT2D eigenvalue weighted by molar-refractivity contribution is 6.41. The van der Waals surface area contributed by atoms with E-state index in [4.69, 9.17) is 32.7 Å². The summed E-state index contributed by atoms with van der Waals surface area (Å²) in [6.45, 7) is 0. The van der Waals surface area contributed by atoms with E-state index in [0.29, 0.717) is 27.8 Å². The van der Waals surface area contributed by atoms with Gasteiger partial charge in [-0.3, -0.25) is 4.79 Å². The van der Waals surface area contributed by atoms with Crippen molar-refractivity contribution in [3.8, 4) is 11.5 Å². The molecule has 0 spiro atoms. The number of aromatic amines is 1. The number of methoxy groups -OCH3 is 2. The summed E-state index contributed by atoms with van der Waals surface area (Å²) in [5.41, 5.74) is 0.665. The summed E-state index contributed by atoms with van der Waals surface area (Å²) in [6, 6.07) is 6.46. The van der Waals surface area contributed by atoms with E-state index in [0.717, 1.165) is 0 Å². The van der Waals surface area contributed by atoms with Crippen molar-refractivity contribution in [1.82, 2.24) is 4.98 Å².